The number of unbranched alkanes of at least 4 members (excludes halogenated alkanes) is 2. The number of nitrogens with one attached hydrogen (secondary N) is 1. The highest BCUT2D eigenvalue weighted by molar-refractivity contribution is 8.15. The number of carbonyl (C=O) groups excluding carboxylic acids is 2. The Bertz CT molecular complexity index is 569. The molecule has 1 atom stereocenters. The average molecular weight is 379 g/mol. The molecule has 1 saturated heterocycles. The van der Waals surface area contributed by atoms with Crippen LogP contribution in [-0.4, -0.2) is 47.5 Å². The van der Waals surface area contributed by atoms with E-state index < -0.39 is 0 Å². The molecule has 5 nitrogen and oxygen atoms in total. The summed E-state index contributed by atoms with van der Waals surface area (Å²) in [5.41, 5.74) is 1.03. The number of nitrogens with zero attached hydrogens (tertiary/aromatic N) is 1. The standard InChI is InChI=1S/C20H30N2O3S/c1-3-5-11-22(12-6-4-2)13-14-25-17-9-7-16(8-10-17)15-18-19(23)21-20(24)26-18/h7-10,18H,3-6,11-15H2,1-2H3,(H,21,23,24). The Hall–Kier alpha value is -1.53. The number of benzene rings is 1. The van der Waals surface area contributed by atoms with Crippen LogP contribution in [0.15, 0.2) is 24.3 Å². The molecule has 1 aromatic carbocycles. The van der Waals surface area contributed by atoms with Crippen LogP contribution in [0.4, 0.5) is 4.79 Å². The van der Waals surface area contributed by atoms with Gasteiger partial charge in [-0.3, -0.25) is 19.8 Å². The average Bonchev–Trinajstić information content (AvgIpc) is 2.95. The first-order valence-electron chi connectivity index (χ1n) is 9.58. The van der Waals surface area contributed by atoms with Crippen molar-refractivity contribution in [2.45, 2.75) is 51.2 Å². The fourth-order valence-electron chi connectivity index (χ4n) is 2.85. The third-order valence-corrected chi connectivity index (χ3v) is 5.42. The number of rotatable bonds is 12. The van der Waals surface area contributed by atoms with Crippen LogP contribution in [-0.2, 0) is 11.2 Å². The summed E-state index contributed by atoms with van der Waals surface area (Å²) in [7, 11) is 0. The SMILES string of the molecule is CCCCN(CCCC)CCOc1ccc(CC2SC(=O)NC2=O)cc1. The number of imide groups is 1. The summed E-state index contributed by atoms with van der Waals surface area (Å²) in [6.45, 7) is 8.35. The van der Waals surface area contributed by atoms with Crippen molar-refractivity contribution >= 4 is 22.9 Å². The molecule has 1 aliphatic heterocycles. The molecule has 1 aromatic rings. The minimum absolute atomic E-state index is 0.195. The molecule has 0 aliphatic carbocycles. The van der Waals surface area contributed by atoms with Crippen molar-refractivity contribution in [2.24, 2.45) is 0 Å². The Balaban J connectivity index is 1.75. The van der Waals surface area contributed by atoms with Gasteiger partial charge in [-0.25, -0.2) is 0 Å². The van der Waals surface area contributed by atoms with Gasteiger partial charge in [0.05, 0.1) is 5.25 Å². The number of hydrogen-bond donors (Lipinski definition) is 1. The van der Waals surface area contributed by atoms with E-state index >= 15 is 0 Å². The molecule has 0 saturated carbocycles. The second-order valence-corrected chi connectivity index (χ2v) is 7.80. The number of amides is 2. The number of ether oxygens (including phenoxy) is 1. The van der Waals surface area contributed by atoms with E-state index in [1.54, 1.807) is 0 Å². The van der Waals surface area contributed by atoms with Crippen LogP contribution in [0, 0.1) is 0 Å². The van der Waals surface area contributed by atoms with Gasteiger partial charge in [-0.15, -0.1) is 0 Å². The molecule has 1 heterocycles. The van der Waals surface area contributed by atoms with Crippen LogP contribution in [0.25, 0.3) is 0 Å². The van der Waals surface area contributed by atoms with Gasteiger partial charge in [0, 0.05) is 6.54 Å². The molecule has 1 unspecified atom stereocenters. The van der Waals surface area contributed by atoms with E-state index in [2.05, 4.69) is 24.1 Å². The Labute approximate surface area is 160 Å². The predicted octanol–water partition coefficient (Wildman–Crippen LogP) is 3.86. The fourth-order valence-corrected chi connectivity index (χ4v) is 3.71. The first-order chi connectivity index (χ1) is 12.6. The van der Waals surface area contributed by atoms with Crippen molar-refractivity contribution in [3.05, 3.63) is 29.8 Å². The second kappa shape index (κ2) is 11.2. The van der Waals surface area contributed by atoms with Crippen molar-refractivity contribution in [2.75, 3.05) is 26.2 Å². The zero-order valence-electron chi connectivity index (χ0n) is 15.8. The van der Waals surface area contributed by atoms with Gasteiger partial charge in [0.2, 0.25) is 5.91 Å². The monoisotopic (exact) mass is 378 g/mol. The molecule has 0 radical (unpaired) electrons. The van der Waals surface area contributed by atoms with Gasteiger partial charge in [0.15, 0.2) is 0 Å². The first-order valence-corrected chi connectivity index (χ1v) is 10.5. The van der Waals surface area contributed by atoms with Gasteiger partial charge in [0.25, 0.3) is 5.24 Å². The Morgan fingerprint density at radius 2 is 1.69 bits per heavy atom. The van der Waals surface area contributed by atoms with Crippen LogP contribution in [0.3, 0.4) is 0 Å². The highest BCUT2D eigenvalue weighted by Crippen LogP contribution is 2.23. The van der Waals surface area contributed by atoms with E-state index in [0.717, 1.165) is 42.7 Å². The molecule has 1 aliphatic rings. The predicted molar refractivity (Wildman–Crippen MR) is 107 cm³/mol. The van der Waals surface area contributed by atoms with Crippen molar-refractivity contribution < 1.29 is 14.3 Å². The summed E-state index contributed by atoms with van der Waals surface area (Å²) >= 11 is 1.07. The topological polar surface area (TPSA) is 58.6 Å². The molecular formula is C20H30N2O3S. The quantitative estimate of drug-likeness (QED) is 0.598. The third-order valence-electron chi connectivity index (χ3n) is 4.44. The van der Waals surface area contributed by atoms with Crippen LogP contribution in [0.5, 0.6) is 5.75 Å². The lowest BCUT2D eigenvalue weighted by Gasteiger charge is -2.22. The van der Waals surface area contributed by atoms with Gasteiger partial charge in [-0.05, 0) is 50.0 Å². The molecule has 0 bridgehead atoms. The molecule has 0 spiro atoms. The van der Waals surface area contributed by atoms with E-state index in [9.17, 15) is 9.59 Å². The maximum Gasteiger partial charge on any atom is 0.286 e. The zero-order valence-corrected chi connectivity index (χ0v) is 16.6. The highest BCUT2D eigenvalue weighted by Gasteiger charge is 2.31. The normalized spacial score (nSPS) is 17.0. The van der Waals surface area contributed by atoms with Crippen LogP contribution < -0.4 is 10.1 Å². The maximum absolute atomic E-state index is 11.6. The molecule has 26 heavy (non-hydrogen) atoms. The maximum atomic E-state index is 11.6. The van der Waals surface area contributed by atoms with Gasteiger partial charge < -0.3 is 4.74 Å². The van der Waals surface area contributed by atoms with E-state index in [4.69, 9.17) is 4.74 Å². The highest BCUT2D eigenvalue weighted by atomic mass is 32.2. The van der Waals surface area contributed by atoms with Gasteiger partial charge in [-0.2, -0.15) is 0 Å². The lowest BCUT2D eigenvalue weighted by Crippen LogP contribution is -2.30. The van der Waals surface area contributed by atoms with Crippen LogP contribution in [0.1, 0.15) is 45.1 Å². The van der Waals surface area contributed by atoms with Crippen molar-refractivity contribution in [1.82, 2.24) is 10.2 Å². The molecule has 144 valence electrons. The number of carbonyl (C=O) groups is 2. The minimum Gasteiger partial charge on any atom is -0.492 e. The lowest BCUT2D eigenvalue weighted by atomic mass is 10.1. The summed E-state index contributed by atoms with van der Waals surface area (Å²) in [4.78, 5) is 25.3. The smallest absolute Gasteiger partial charge is 0.286 e. The Morgan fingerprint density at radius 1 is 1.04 bits per heavy atom. The molecule has 0 aromatic heterocycles. The summed E-state index contributed by atoms with van der Waals surface area (Å²) in [6.07, 6.45) is 5.45. The Kier molecular flexibility index (Phi) is 8.98. The van der Waals surface area contributed by atoms with E-state index in [0.29, 0.717) is 13.0 Å². The second-order valence-electron chi connectivity index (χ2n) is 6.63. The summed E-state index contributed by atoms with van der Waals surface area (Å²) < 4.78 is 5.88. The van der Waals surface area contributed by atoms with Gasteiger partial charge in [0.1, 0.15) is 12.4 Å². The summed E-state index contributed by atoms with van der Waals surface area (Å²) in [5.74, 6) is 0.652. The van der Waals surface area contributed by atoms with Crippen molar-refractivity contribution in [3.8, 4) is 5.75 Å². The van der Waals surface area contributed by atoms with Gasteiger partial charge >= 0.3 is 0 Å². The molecular weight excluding hydrogens is 348 g/mol. The molecule has 1 fully saturated rings. The lowest BCUT2D eigenvalue weighted by molar-refractivity contribution is -0.118. The first kappa shape index (κ1) is 20.8. The van der Waals surface area contributed by atoms with Crippen LogP contribution >= 0.6 is 11.8 Å². The van der Waals surface area contributed by atoms with E-state index in [-0.39, 0.29) is 16.4 Å². The Morgan fingerprint density at radius 3 is 2.23 bits per heavy atom. The van der Waals surface area contributed by atoms with Gasteiger partial charge in [-0.1, -0.05) is 50.6 Å². The minimum atomic E-state index is -0.319. The van der Waals surface area contributed by atoms with E-state index in [1.807, 2.05) is 24.3 Å². The van der Waals surface area contributed by atoms with Crippen LogP contribution in [0.2, 0.25) is 0 Å². The number of thioether (sulfide) groups is 1. The molecule has 6 heteroatoms. The third kappa shape index (κ3) is 7.00. The summed E-state index contributed by atoms with van der Waals surface area (Å²) in [5, 5.41) is 1.75. The largest absolute Gasteiger partial charge is 0.492 e. The summed E-state index contributed by atoms with van der Waals surface area (Å²) in [6, 6.07) is 7.82. The molecule has 2 amide bonds. The number of hydrogen-bond acceptors (Lipinski definition) is 5. The zero-order chi connectivity index (χ0) is 18.8. The fraction of sp³-hybridized carbons (Fsp3) is 0.600. The van der Waals surface area contributed by atoms with E-state index in [1.165, 1.54) is 25.7 Å². The molecule has 2 rings (SSSR count). The van der Waals surface area contributed by atoms with Crippen molar-refractivity contribution in [3.63, 3.8) is 0 Å². The molecule has 1 N–H and O–H groups in total. The van der Waals surface area contributed by atoms with Crippen molar-refractivity contribution in [1.29, 1.82) is 0 Å².